The van der Waals surface area contributed by atoms with Crippen LogP contribution >= 0.6 is 0 Å². The Kier molecular flexibility index (Phi) is 2.63. The first-order valence-electron chi connectivity index (χ1n) is 6.10. The van der Waals surface area contributed by atoms with Gasteiger partial charge < -0.3 is 5.32 Å². The summed E-state index contributed by atoms with van der Waals surface area (Å²) in [5.74, 6) is 0.138. The highest BCUT2D eigenvalue weighted by Crippen LogP contribution is 2.23. The second-order valence-corrected chi connectivity index (χ2v) is 4.67. The van der Waals surface area contributed by atoms with Crippen molar-refractivity contribution in [3.63, 3.8) is 0 Å². The van der Waals surface area contributed by atoms with E-state index >= 15 is 0 Å². The Bertz CT molecular complexity index is 601. The second-order valence-electron chi connectivity index (χ2n) is 4.67. The van der Waals surface area contributed by atoms with Gasteiger partial charge in [-0.25, -0.2) is 0 Å². The molecule has 0 unspecified atom stereocenters. The van der Waals surface area contributed by atoms with Crippen LogP contribution < -0.4 is 5.32 Å². The number of nitrogens with one attached hydrogen (secondary N) is 1. The molecule has 0 radical (unpaired) electrons. The molecule has 18 heavy (non-hydrogen) atoms. The number of carbonyl (C=O) groups excluding carboxylic acids is 1. The molecule has 0 spiro atoms. The minimum atomic E-state index is 0.138. The van der Waals surface area contributed by atoms with Crippen LogP contribution in [-0.4, -0.2) is 22.1 Å². The van der Waals surface area contributed by atoms with Gasteiger partial charge in [0.05, 0.1) is 6.20 Å². The molecule has 0 bridgehead atoms. The monoisotopic (exact) mass is 241 g/mol. The molecule has 0 fully saturated rings. The zero-order chi connectivity index (χ0) is 12.5. The Balaban J connectivity index is 1.80. The summed E-state index contributed by atoms with van der Waals surface area (Å²) in [6, 6.07) is 5.93. The Morgan fingerprint density at radius 3 is 3.17 bits per heavy atom. The van der Waals surface area contributed by atoms with Crippen LogP contribution in [0.15, 0.2) is 30.6 Å². The number of carbonyl (C=O) groups is 1. The van der Waals surface area contributed by atoms with Gasteiger partial charge in [-0.05, 0) is 23.6 Å². The van der Waals surface area contributed by atoms with Crippen molar-refractivity contribution in [1.29, 1.82) is 0 Å². The number of hydrogen-bond acceptors (Lipinski definition) is 3. The normalized spacial score (nSPS) is 13.2. The number of aryl methyl sites for hydroxylation is 1. The van der Waals surface area contributed by atoms with E-state index in [-0.39, 0.29) is 5.78 Å². The summed E-state index contributed by atoms with van der Waals surface area (Å²) < 4.78 is 1.72. The first kappa shape index (κ1) is 11.0. The third kappa shape index (κ3) is 2.01. The molecule has 3 rings (SSSR count). The van der Waals surface area contributed by atoms with Gasteiger partial charge in [0.15, 0.2) is 5.78 Å². The molecule has 1 aliphatic rings. The Morgan fingerprint density at radius 1 is 1.50 bits per heavy atom. The lowest BCUT2D eigenvalue weighted by atomic mass is 10.0. The lowest BCUT2D eigenvalue weighted by molar-refractivity contribution is 0.0993. The maximum absolute atomic E-state index is 12.2. The number of Topliss-reactive ketones (excluding diaryl/α,β-unsaturated/α-hetero) is 1. The second kappa shape index (κ2) is 4.29. The molecule has 4 nitrogen and oxygen atoms in total. The van der Waals surface area contributed by atoms with Crippen LogP contribution in [0.1, 0.15) is 21.5 Å². The van der Waals surface area contributed by atoms with Crippen LogP contribution in [0.3, 0.4) is 0 Å². The zero-order valence-corrected chi connectivity index (χ0v) is 10.3. The molecule has 0 aliphatic carbocycles. The SMILES string of the molecule is Cn1cc(CC(=O)c2ccc3c(c2)NCC3)cn1. The number of aromatic nitrogens is 2. The summed E-state index contributed by atoms with van der Waals surface area (Å²) in [6.45, 7) is 0.968. The molecule has 0 atom stereocenters. The Hall–Kier alpha value is -2.10. The molecule has 2 heterocycles. The number of anilines is 1. The van der Waals surface area contributed by atoms with E-state index in [0.717, 1.165) is 29.8 Å². The van der Waals surface area contributed by atoms with Gasteiger partial charge in [0.25, 0.3) is 0 Å². The lowest BCUT2D eigenvalue weighted by Crippen LogP contribution is -2.03. The molecular weight excluding hydrogens is 226 g/mol. The first-order valence-corrected chi connectivity index (χ1v) is 6.10. The van der Waals surface area contributed by atoms with Gasteiger partial charge in [-0.3, -0.25) is 9.48 Å². The van der Waals surface area contributed by atoms with E-state index in [1.807, 2.05) is 31.4 Å². The third-order valence-corrected chi connectivity index (χ3v) is 3.26. The van der Waals surface area contributed by atoms with Gasteiger partial charge in [0, 0.05) is 37.5 Å². The van der Waals surface area contributed by atoms with Gasteiger partial charge in [0.2, 0.25) is 0 Å². The first-order chi connectivity index (χ1) is 8.72. The summed E-state index contributed by atoms with van der Waals surface area (Å²) in [5.41, 5.74) is 4.13. The standard InChI is InChI=1S/C14H15N3O/c1-17-9-10(8-16-17)6-14(18)12-3-2-11-4-5-15-13(11)7-12/h2-3,7-9,15H,4-6H2,1H3. The fraction of sp³-hybridized carbons (Fsp3) is 0.286. The van der Waals surface area contributed by atoms with Crippen molar-refractivity contribution in [2.75, 3.05) is 11.9 Å². The van der Waals surface area contributed by atoms with E-state index in [9.17, 15) is 4.79 Å². The predicted octanol–water partition coefficient (Wildman–Crippen LogP) is 1.81. The van der Waals surface area contributed by atoms with Crippen molar-refractivity contribution < 1.29 is 4.79 Å². The number of ketones is 1. The van der Waals surface area contributed by atoms with Crippen molar-refractivity contribution in [1.82, 2.24) is 9.78 Å². The molecule has 0 saturated heterocycles. The number of nitrogens with zero attached hydrogens (tertiary/aromatic N) is 2. The molecule has 1 aromatic heterocycles. The van der Waals surface area contributed by atoms with Crippen molar-refractivity contribution >= 4 is 11.5 Å². The van der Waals surface area contributed by atoms with E-state index in [1.54, 1.807) is 10.9 Å². The molecule has 1 aliphatic heterocycles. The predicted molar refractivity (Wildman–Crippen MR) is 69.9 cm³/mol. The smallest absolute Gasteiger partial charge is 0.167 e. The summed E-state index contributed by atoms with van der Waals surface area (Å²) in [7, 11) is 1.85. The highest BCUT2D eigenvalue weighted by Gasteiger charge is 2.14. The topological polar surface area (TPSA) is 46.9 Å². The molecule has 0 amide bonds. The van der Waals surface area contributed by atoms with Crippen LogP contribution in [0.4, 0.5) is 5.69 Å². The van der Waals surface area contributed by atoms with Crippen molar-refractivity contribution in [3.8, 4) is 0 Å². The van der Waals surface area contributed by atoms with E-state index in [1.165, 1.54) is 5.56 Å². The van der Waals surface area contributed by atoms with E-state index in [2.05, 4.69) is 10.4 Å². The van der Waals surface area contributed by atoms with Gasteiger partial charge in [-0.15, -0.1) is 0 Å². The minimum Gasteiger partial charge on any atom is -0.384 e. The average Bonchev–Trinajstić information content (AvgIpc) is 2.96. The maximum Gasteiger partial charge on any atom is 0.167 e. The Labute approximate surface area is 106 Å². The average molecular weight is 241 g/mol. The number of rotatable bonds is 3. The van der Waals surface area contributed by atoms with E-state index in [0.29, 0.717) is 6.42 Å². The number of hydrogen-bond donors (Lipinski definition) is 1. The molecule has 1 N–H and O–H groups in total. The summed E-state index contributed by atoms with van der Waals surface area (Å²) in [4.78, 5) is 12.2. The van der Waals surface area contributed by atoms with E-state index < -0.39 is 0 Å². The summed E-state index contributed by atoms with van der Waals surface area (Å²) in [5, 5.41) is 7.37. The van der Waals surface area contributed by atoms with Crippen LogP contribution in [0, 0.1) is 0 Å². The fourth-order valence-electron chi connectivity index (χ4n) is 2.31. The lowest BCUT2D eigenvalue weighted by Gasteiger charge is -2.03. The van der Waals surface area contributed by atoms with Crippen LogP contribution in [-0.2, 0) is 19.9 Å². The fourth-order valence-corrected chi connectivity index (χ4v) is 2.31. The highest BCUT2D eigenvalue weighted by molar-refractivity contribution is 5.98. The van der Waals surface area contributed by atoms with Gasteiger partial charge >= 0.3 is 0 Å². The van der Waals surface area contributed by atoms with Gasteiger partial charge in [-0.2, -0.15) is 5.10 Å². The molecule has 2 aromatic rings. The largest absolute Gasteiger partial charge is 0.384 e. The summed E-state index contributed by atoms with van der Waals surface area (Å²) >= 11 is 0. The minimum absolute atomic E-state index is 0.138. The van der Waals surface area contributed by atoms with Crippen molar-refractivity contribution in [3.05, 3.63) is 47.3 Å². The third-order valence-electron chi connectivity index (χ3n) is 3.26. The van der Waals surface area contributed by atoms with Crippen LogP contribution in [0.25, 0.3) is 0 Å². The summed E-state index contributed by atoms with van der Waals surface area (Å²) in [6.07, 6.45) is 5.08. The molecule has 0 saturated carbocycles. The Morgan fingerprint density at radius 2 is 2.39 bits per heavy atom. The van der Waals surface area contributed by atoms with Crippen LogP contribution in [0.5, 0.6) is 0 Å². The van der Waals surface area contributed by atoms with Gasteiger partial charge in [-0.1, -0.05) is 12.1 Å². The maximum atomic E-state index is 12.2. The zero-order valence-electron chi connectivity index (χ0n) is 10.3. The number of fused-ring (bicyclic) bond motifs is 1. The highest BCUT2D eigenvalue weighted by atomic mass is 16.1. The number of benzene rings is 1. The van der Waals surface area contributed by atoms with E-state index in [4.69, 9.17) is 0 Å². The van der Waals surface area contributed by atoms with Crippen molar-refractivity contribution in [2.24, 2.45) is 7.05 Å². The molecule has 4 heteroatoms. The molecule has 1 aromatic carbocycles. The van der Waals surface area contributed by atoms with Crippen molar-refractivity contribution in [2.45, 2.75) is 12.8 Å². The molecular formula is C14H15N3O. The van der Waals surface area contributed by atoms with Crippen LogP contribution in [0.2, 0.25) is 0 Å². The van der Waals surface area contributed by atoms with Gasteiger partial charge in [0.1, 0.15) is 0 Å². The quantitative estimate of drug-likeness (QED) is 0.834. The molecule has 92 valence electrons.